The number of nitrogens with zero attached hydrogens (tertiary/aromatic N) is 1. The van der Waals surface area contributed by atoms with Gasteiger partial charge in [0.15, 0.2) is 9.84 Å². The maximum absolute atomic E-state index is 14.8. The van der Waals surface area contributed by atoms with Crippen molar-refractivity contribution in [1.82, 2.24) is 10.2 Å². The molecule has 2 fully saturated rings. The zero-order valence-corrected chi connectivity index (χ0v) is 25.6. The van der Waals surface area contributed by atoms with Gasteiger partial charge in [-0.2, -0.15) is 26.3 Å². The number of carbonyl (C=O) groups excluding carboxylic acids is 1. The van der Waals surface area contributed by atoms with Crippen molar-refractivity contribution in [3.8, 4) is 0 Å². The van der Waals surface area contributed by atoms with E-state index in [9.17, 15) is 61.9 Å². The first-order valence-corrected chi connectivity index (χ1v) is 17.2. The summed E-state index contributed by atoms with van der Waals surface area (Å²) in [7, 11) is -8.15. The normalized spacial score (nSPS) is 22.2. The largest absolute Gasteiger partial charge is 0.435 e. The summed E-state index contributed by atoms with van der Waals surface area (Å²) in [6.07, 6.45) is -13.5. The van der Waals surface area contributed by atoms with E-state index in [2.05, 4.69) is 5.32 Å². The van der Waals surface area contributed by atoms with E-state index in [1.54, 1.807) is 0 Å². The summed E-state index contributed by atoms with van der Waals surface area (Å²) < 4.78 is 159. The lowest BCUT2D eigenvalue weighted by Gasteiger charge is -2.39. The molecule has 1 atom stereocenters. The van der Waals surface area contributed by atoms with Crippen LogP contribution in [0.3, 0.4) is 0 Å². The molecule has 2 heterocycles. The molecule has 0 aliphatic carbocycles. The summed E-state index contributed by atoms with van der Waals surface area (Å²) in [5.74, 6) is -2.14. The van der Waals surface area contributed by atoms with Crippen molar-refractivity contribution < 1.29 is 61.9 Å². The number of alkyl halides is 7. The second-order valence-corrected chi connectivity index (χ2v) is 16.1. The fraction of sp³-hybridized carbons (Fsp3) is 0.536. The number of hydrogen-bond acceptors (Lipinski definition) is 7. The van der Waals surface area contributed by atoms with E-state index >= 15 is 0 Å². The third-order valence-electron chi connectivity index (χ3n) is 8.74. The average Bonchev–Trinajstić information content (AvgIpc) is 3.44. The Morgan fingerprint density at radius 1 is 0.891 bits per heavy atom. The second-order valence-electron chi connectivity index (χ2n) is 11.5. The monoisotopic (exact) mass is 706 g/mol. The predicted molar refractivity (Wildman–Crippen MR) is 148 cm³/mol. The number of likely N-dealkylation sites (tertiary alicyclic amines) is 1. The maximum Gasteiger partial charge on any atom is 0.435 e. The SMILES string of the molecule is O=C(N1CCC(c2ccc(C(F)(C(F)(F)F)C(F)(F)F)cc2)(S(=O)(=O)c2ccc(F)cc2)C1)C1(CNCCO)CCS(=O)(=O)CC1. The van der Waals surface area contributed by atoms with E-state index in [4.69, 9.17) is 0 Å². The van der Waals surface area contributed by atoms with Gasteiger partial charge in [0.1, 0.15) is 20.4 Å². The Morgan fingerprint density at radius 3 is 1.93 bits per heavy atom. The number of nitrogens with one attached hydrogen (secondary N) is 1. The van der Waals surface area contributed by atoms with Gasteiger partial charge in [0.25, 0.3) is 0 Å². The van der Waals surface area contributed by atoms with Crippen LogP contribution in [-0.2, 0) is 34.9 Å². The van der Waals surface area contributed by atoms with Gasteiger partial charge in [-0.3, -0.25) is 4.79 Å². The highest BCUT2D eigenvalue weighted by Gasteiger charge is 2.73. The van der Waals surface area contributed by atoms with Crippen LogP contribution in [0.1, 0.15) is 30.4 Å². The molecule has 2 aromatic rings. The summed E-state index contributed by atoms with van der Waals surface area (Å²) >= 11 is 0. The molecular formula is C28H30F8N2O6S2. The Labute approximate surface area is 259 Å². The van der Waals surface area contributed by atoms with Crippen LogP contribution in [0.15, 0.2) is 53.4 Å². The smallest absolute Gasteiger partial charge is 0.395 e. The van der Waals surface area contributed by atoms with Crippen LogP contribution in [0.5, 0.6) is 0 Å². The maximum atomic E-state index is 14.8. The Kier molecular flexibility index (Phi) is 9.65. The van der Waals surface area contributed by atoms with E-state index in [0.717, 1.165) is 29.2 Å². The van der Waals surface area contributed by atoms with Crippen LogP contribution < -0.4 is 5.32 Å². The molecule has 1 amide bonds. The summed E-state index contributed by atoms with van der Waals surface area (Å²) in [5, 5.41) is 12.1. The molecule has 2 aliphatic rings. The fourth-order valence-electron chi connectivity index (χ4n) is 6.03. The van der Waals surface area contributed by atoms with Crippen molar-refractivity contribution in [3.63, 3.8) is 0 Å². The van der Waals surface area contributed by atoms with Crippen molar-refractivity contribution in [3.05, 3.63) is 65.5 Å². The van der Waals surface area contributed by atoms with E-state index in [-0.39, 0.29) is 68.3 Å². The first kappa shape index (κ1) is 36.0. The molecule has 4 rings (SSSR count). The Morgan fingerprint density at radius 2 is 1.43 bits per heavy atom. The molecule has 2 saturated heterocycles. The van der Waals surface area contributed by atoms with Gasteiger partial charge in [-0.05, 0) is 49.1 Å². The van der Waals surface area contributed by atoms with Gasteiger partial charge in [-0.25, -0.2) is 25.6 Å². The van der Waals surface area contributed by atoms with E-state index in [1.165, 1.54) is 0 Å². The van der Waals surface area contributed by atoms with Crippen LogP contribution in [0.25, 0.3) is 0 Å². The van der Waals surface area contributed by atoms with Crippen molar-refractivity contribution in [2.75, 3.05) is 44.3 Å². The summed E-state index contributed by atoms with van der Waals surface area (Å²) in [6, 6.07) is 5.12. The highest BCUT2D eigenvalue weighted by Crippen LogP contribution is 2.54. The minimum atomic E-state index is -6.41. The third-order valence-corrected chi connectivity index (χ3v) is 12.9. The zero-order valence-electron chi connectivity index (χ0n) is 24.0. The van der Waals surface area contributed by atoms with Gasteiger partial charge in [0.05, 0.1) is 28.4 Å². The fourth-order valence-corrected chi connectivity index (χ4v) is 9.72. The molecule has 2 aliphatic heterocycles. The number of carbonyl (C=O) groups is 1. The molecule has 0 bridgehead atoms. The highest BCUT2D eigenvalue weighted by atomic mass is 32.2. The first-order valence-electron chi connectivity index (χ1n) is 13.9. The van der Waals surface area contributed by atoms with Crippen LogP contribution in [-0.4, -0.2) is 89.4 Å². The molecule has 2 N–H and O–H groups in total. The lowest BCUT2D eigenvalue weighted by molar-refractivity contribution is -0.348. The molecule has 46 heavy (non-hydrogen) atoms. The van der Waals surface area contributed by atoms with E-state index < -0.39 is 83.0 Å². The van der Waals surface area contributed by atoms with Gasteiger partial charge < -0.3 is 15.3 Å². The van der Waals surface area contributed by atoms with E-state index in [1.807, 2.05) is 0 Å². The third kappa shape index (κ3) is 6.24. The Balaban J connectivity index is 1.81. The van der Waals surface area contributed by atoms with Crippen molar-refractivity contribution in [2.24, 2.45) is 5.41 Å². The first-order chi connectivity index (χ1) is 21.2. The van der Waals surface area contributed by atoms with Crippen LogP contribution in [0.2, 0.25) is 0 Å². The van der Waals surface area contributed by atoms with Crippen LogP contribution in [0.4, 0.5) is 35.1 Å². The second kappa shape index (κ2) is 12.3. The van der Waals surface area contributed by atoms with Gasteiger partial charge in [0, 0.05) is 31.7 Å². The van der Waals surface area contributed by atoms with E-state index in [0.29, 0.717) is 12.1 Å². The molecule has 0 radical (unpaired) electrons. The molecule has 2 aromatic carbocycles. The minimum absolute atomic E-state index is 0.0585. The Bertz CT molecular complexity index is 1620. The van der Waals surface area contributed by atoms with Crippen molar-refractivity contribution in [2.45, 2.75) is 46.9 Å². The minimum Gasteiger partial charge on any atom is -0.395 e. The number of hydrogen-bond donors (Lipinski definition) is 2. The van der Waals surface area contributed by atoms with Crippen molar-refractivity contribution >= 4 is 25.6 Å². The summed E-state index contributed by atoms with van der Waals surface area (Å²) in [6.45, 7) is -1.24. The number of benzene rings is 2. The molecule has 0 aromatic heterocycles. The number of halogens is 8. The number of sulfone groups is 2. The van der Waals surface area contributed by atoms with Crippen molar-refractivity contribution in [1.29, 1.82) is 0 Å². The summed E-state index contributed by atoms with van der Waals surface area (Å²) in [4.78, 5) is 14.7. The van der Waals surface area contributed by atoms with Crippen LogP contribution in [0, 0.1) is 11.2 Å². The molecule has 0 spiro atoms. The molecule has 0 saturated carbocycles. The molecule has 256 valence electrons. The lowest BCUT2D eigenvalue weighted by atomic mass is 9.80. The molecular weight excluding hydrogens is 676 g/mol. The summed E-state index contributed by atoms with van der Waals surface area (Å²) in [5.41, 5.74) is -9.29. The van der Waals surface area contributed by atoms with Gasteiger partial charge in [0.2, 0.25) is 5.91 Å². The molecule has 8 nitrogen and oxygen atoms in total. The zero-order chi connectivity index (χ0) is 34.4. The quantitative estimate of drug-likeness (QED) is 0.231. The molecule has 18 heteroatoms. The topological polar surface area (TPSA) is 121 Å². The van der Waals surface area contributed by atoms with Gasteiger partial charge in [-0.15, -0.1) is 0 Å². The average molecular weight is 707 g/mol. The standard InChI is InChI=1S/C28H30F8N2O6S2/c29-21-5-7-22(8-6-21)46(43,44)25(19-1-3-20(4-2-19)26(30,27(31,32)33)28(34,35)36)9-13-38(18-25)23(40)24(17-37-12-14-39)10-15-45(41,42)16-11-24/h1-8,37,39H,9-18H2. The highest BCUT2D eigenvalue weighted by molar-refractivity contribution is 7.92. The number of amides is 1. The molecule has 1 unspecified atom stereocenters. The number of aliphatic hydroxyl groups excluding tert-OH is 1. The lowest BCUT2D eigenvalue weighted by Crippen LogP contribution is -2.53. The Hall–Kier alpha value is -2.83. The van der Waals surface area contributed by atoms with Crippen LogP contribution >= 0.6 is 0 Å². The number of aliphatic hydroxyl groups is 1. The predicted octanol–water partition coefficient (Wildman–Crippen LogP) is 3.79. The van der Waals surface area contributed by atoms with Gasteiger partial charge in [-0.1, -0.05) is 24.3 Å². The number of rotatable bonds is 9. The van der Waals surface area contributed by atoms with Gasteiger partial charge >= 0.3 is 18.0 Å².